The maximum Gasteiger partial charge on any atom is 0.0765 e. The van der Waals surface area contributed by atoms with E-state index in [1.165, 1.54) is 0 Å². The van der Waals surface area contributed by atoms with Gasteiger partial charge in [0.05, 0.1) is 12.2 Å². The molecule has 0 fully saturated rings. The molecule has 0 aliphatic rings. The Balaban J connectivity index is 3.09. The minimum atomic E-state index is -0.518. The summed E-state index contributed by atoms with van der Waals surface area (Å²) in [6.45, 7) is 3.39. The number of benzene rings is 1. The standard InChI is InChI=1S/C10H14O2/c1-7(11)9-5-3-4-6-10(9)8(2)12/h3-8,11-12H,1-2H3/t7-,8-/m1/s1. The van der Waals surface area contributed by atoms with Gasteiger partial charge in [0.25, 0.3) is 0 Å². The minimum Gasteiger partial charge on any atom is -0.389 e. The first-order valence-electron chi connectivity index (χ1n) is 4.08. The lowest BCUT2D eigenvalue weighted by Gasteiger charge is -2.13. The lowest BCUT2D eigenvalue weighted by molar-refractivity contribution is 0.175. The molecule has 2 nitrogen and oxygen atoms in total. The molecule has 0 amide bonds. The fourth-order valence-corrected chi connectivity index (χ4v) is 1.27. The smallest absolute Gasteiger partial charge is 0.0765 e. The van der Waals surface area contributed by atoms with E-state index < -0.39 is 12.2 Å². The van der Waals surface area contributed by atoms with Gasteiger partial charge < -0.3 is 10.2 Å². The Hall–Kier alpha value is -0.860. The summed E-state index contributed by atoms with van der Waals surface area (Å²) in [5.74, 6) is 0. The summed E-state index contributed by atoms with van der Waals surface area (Å²) in [5, 5.41) is 18.7. The molecule has 0 saturated heterocycles. The molecule has 0 aromatic heterocycles. The van der Waals surface area contributed by atoms with Crippen LogP contribution in [0, 0.1) is 0 Å². The van der Waals surface area contributed by atoms with Gasteiger partial charge in [-0.1, -0.05) is 24.3 Å². The zero-order chi connectivity index (χ0) is 9.14. The van der Waals surface area contributed by atoms with Gasteiger partial charge in [-0.2, -0.15) is 0 Å². The van der Waals surface area contributed by atoms with Gasteiger partial charge in [0.2, 0.25) is 0 Å². The van der Waals surface area contributed by atoms with Crippen molar-refractivity contribution in [2.45, 2.75) is 26.1 Å². The fourth-order valence-electron chi connectivity index (χ4n) is 1.27. The normalized spacial score (nSPS) is 15.7. The fraction of sp³-hybridized carbons (Fsp3) is 0.400. The summed E-state index contributed by atoms with van der Waals surface area (Å²) >= 11 is 0. The van der Waals surface area contributed by atoms with Crippen LogP contribution >= 0.6 is 0 Å². The molecule has 2 heteroatoms. The molecule has 0 heterocycles. The van der Waals surface area contributed by atoms with Crippen molar-refractivity contribution >= 4 is 0 Å². The Morgan fingerprint density at radius 3 is 1.50 bits per heavy atom. The molecule has 66 valence electrons. The van der Waals surface area contributed by atoms with Crippen molar-refractivity contribution in [2.75, 3.05) is 0 Å². The second-order valence-electron chi connectivity index (χ2n) is 2.98. The molecule has 0 aliphatic heterocycles. The van der Waals surface area contributed by atoms with Crippen LogP contribution in [-0.2, 0) is 0 Å². The van der Waals surface area contributed by atoms with Crippen molar-refractivity contribution in [1.29, 1.82) is 0 Å². The largest absolute Gasteiger partial charge is 0.389 e. The Labute approximate surface area is 72.5 Å². The molecule has 0 saturated carbocycles. The number of hydrogen-bond donors (Lipinski definition) is 2. The third-order valence-electron chi connectivity index (χ3n) is 1.90. The second-order valence-corrected chi connectivity index (χ2v) is 2.98. The van der Waals surface area contributed by atoms with Gasteiger partial charge in [-0.3, -0.25) is 0 Å². The van der Waals surface area contributed by atoms with Crippen LogP contribution in [-0.4, -0.2) is 10.2 Å². The van der Waals surface area contributed by atoms with Crippen LogP contribution in [0.15, 0.2) is 24.3 Å². The molecule has 0 unspecified atom stereocenters. The maximum absolute atomic E-state index is 9.34. The van der Waals surface area contributed by atoms with Crippen LogP contribution in [0.25, 0.3) is 0 Å². The average molecular weight is 166 g/mol. The van der Waals surface area contributed by atoms with E-state index >= 15 is 0 Å². The Morgan fingerprint density at radius 2 is 1.25 bits per heavy atom. The average Bonchev–Trinajstić information content (AvgIpc) is 2.04. The van der Waals surface area contributed by atoms with Gasteiger partial charge in [0, 0.05) is 0 Å². The molecular weight excluding hydrogens is 152 g/mol. The van der Waals surface area contributed by atoms with Crippen molar-refractivity contribution in [1.82, 2.24) is 0 Å². The molecule has 0 radical (unpaired) electrons. The molecule has 0 bridgehead atoms. The summed E-state index contributed by atoms with van der Waals surface area (Å²) in [4.78, 5) is 0. The summed E-state index contributed by atoms with van der Waals surface area (Å²) in [6, 6.07) is 7.36. The lowest BCUT2D eigenvalue weighted by atomic mass is 10.00. The van der Waals surface area contributed by atoms with Crippen LogP contribution in [0.2, 0.25) is 0 Å². The molecule has 1 aromatic carbocycles. The summed E-state index contributed by atoms with van der Waals surface area (Å²) in [6.07, 6.45) is -1.04. The minimum absolute atomic E-state index is 0.518. The highest BCUT2D eigenvalue weighted by Gasteiger charge is 2.09. The lowest BCUT2D eigenvalue weighted by Crippen LogP contribution is -2.01. The summed E-state index contributed by atoms with van der Waals surface area (Å²) < 4.78 is 0. The summed E-state index contributed by atoms with van der Waals surface area (Å²) in [5.41, 5.74) is 1.60. The maximum atomic E-state index is 9.34. The van der Waals surface area contributed by atoms with E-state index in [-0.39, 0.29) is 0 Å². The van der Waals surface area contributed by atoms with Gasteiger partial charge in [-0.15, -0.1) is 0 Å². The van der Waals surface area contributed by atoms with Crippen molar-refractivity contribution in [3.63, 3.8) is 0 Å². The zero-order valence-corrected chi connectivity index (χ0v) is 7.36. The van der Waals surface area contributed by atoms with Gasteiger partial charge in [0.15, 0.2) is 0 Å². The monoisotopic (exact) mass is 166 g/mol. The highest BCUT2D eigenvalue weighted by Crippen LogP contribution is 2.22. The summed E-state index contributed by atoms with van der Waals surface area (Å²) in [7, 11) is 0. The van der Waals surface area contributed by atoms with Crippen LogP contribution in [0.3, 0.4) is 0 Å². The van der Waals surface area contributed by atoms with E-state index in [0.717, 1.165) is 11.1 Å². The Bertz CT molecular complexity index is 227. The Morgan fingerprint density at radius 1 is 0.917 bits per heavy atom. The first-order chi connectivity index (χ1) is 5.63. The second kappa shape index (κ2) is 3.70. The first-order valence-corrected chi connectivity index (χ1v) is 4.08. The van der Waals surface area contributed by atoms with Crippen molar-refractivity contribution in [3.05, 3.63) is 35.4 Å². The third kappa shape index (κ3) is 1.84. The number of aliphatic hydroxyl groups is 2. The molecule has 1 aromatic rings. The van der Waals surface area contributed by atoms with E-state index in [9.17, 15) is 10.2 Å². The van der Waals surface area contributed by atoms with Gasteiger partial charge >= 0.3 is 0 Å². The van der Waals surface area contributed by atoms with Crippen LogP contribution in [0.5, 0.6) is 0 Å². The van der Waals surface area contributed by atoms with E-state index in [1.807, 2.05) is 24.3 Å². The van der Waals surface area contributed by atoms with Crippen LogP contribution < -0.4 is 0 Å². The third-order valence-corrected chi connectivity index (χ3v) is 1.90. The predicted molar refractivity (Wildman–Crippen MR) is 47.7 cm³/mol. The van der Waals surface area contributed by atoms with Crippen molar-refractivity contribution in [2.24, 2.45) is 0 Å². The number of hydrogen-bond acceptors (Lipinski definition) is 2. The highest BCUT2D eigenvalue weighted by molar-refractivity contribution is 5.30. The topological polar surface area (TPSA) is 40.5 Å². The molecule has 12 heavy (non-hydrogen) atoms. The number of aliphatic hydroxyl groups excluding tert-OH is 2. The SMILES string of the molecule is C[C@@H](O)c1ccccc1[C@@H](C)O. The molecule has 1 rings (SSSR count). The van der Waals surface area contributed by atoms with Crippen molar-refractivity contribution in [3.8, 4) is 0 Å². The highest BCUT2D eigenvalue weighted by atomic mass is 16.3. The predicted octanol–water partition coefficient (Wildman–Crippen LogP) is 1.79. The van der Waals surface area contributed by atoms with Gasteiger partial charge in [-0.25, -0.2) is 0 Å². The van der Waals surface area contributed by atoms with Crippen molar-refractivity contribution < 1.29 is 10.2 Å². The Kier molecular flexibility index (Phi) is 2.84. The van der Waals surface area contributed by atoms with E-state index in [4.69, 9.17) is 0 Å². The molecular formula is C10H14O2. The zero-order valence-electron chi connectivity index (χ0n) is 7.36. The van der Waals surface area contributed by atoms with E-state index in [1.54, 1.807) is 13.8 Å². The number of rotatable bonds is 2. The molecule has 2 N–H and O–H groups in total. The van der Waals surface area contributed by atoms with Gasteiger partial charge in [-0.05, 0) is 25.0 Å². The molecule has 0 aliphatic carbocycles. The van der Waals surface area contributed by atoms with E-state index in [0.29, 0.717) is 0 Å². The van der Waals surface area contributed by atoms with Crippen LogP contribution in [0.4, 0.5) is 0 Å². The quantitative estimate of drug-likeness (QED) is 0.703. The molecule has 2 atom stereocenters. The molecule has 0 spiro atoms. The first kappa shape index (κ1) is 9.23. The van der Waals surface area contributed by atoms with Gasteiger partial charge in [0.1, 0.15) is 0 Å². The van der Waals surface area contributed by atoms with Crippen LogP contribution in [0.1, 0.15) is 37.2 Å². The van der Waals surface area contributed by atoms with E-state index in [2.05, 4.69) is 0 Å².